The zero-order chi connectivity index (χ0) is 30.5. The molecule has 0 aliphatic rings. The van der Waals surface area contributed by atoms with Gasteiger partial charge in [-0.1, -0.05) is 109 Å². The summed E-state index contributed by atoms with van der Waals surface area (Å²) < 4.78 is 8.62. The Balaban J connectivity index is 1.22. The number of rotatable bonds is 5. The van der Waals surface area contributed by atoms with E-state index in [1.54, 1.807) is 0 Å². The molecule has 0 saturated heterocycles. The minimum atomic E-state index is 0.651. The molecule has 0 saturated carbocycles. The van der Waals surface area contributed by atoms with E-state index < -0.39 is 0 Å². The van der Waals surface area contributed by atoms with E-state index >= 15 is 0 Å². The van der Waals surface area contributed by atoms with Crippen LogP contribution in [0.25, 0.3) is 83.7 Å². The molecule has 0 fully saturated rings. The molecule has 0 atom stereocenters. The lowest BCUT2D eigenvalue weighted by atomic mass is 10.0. The first-order valence-electron chi connectivity index (χ1n) is 15.4. The predicted molar refractivity (Wildman–Crippen MR) is 188 cm³/mol. The number of benzene rings is 6. The second-order valence-electron chi connectivity index (χ2n) is 11.5. The van der Waals surface area contributed by atoms with Gasteiger partial charge in [0, 0.05) is 33.0 Å². The number of nitrogens with zero attached hydrogens (tertiary/aromatic N) is 3. The maximum Gasteiger partial charge on any atom is 0.160 e. The number of furan rings is 1. The van der Waals surface area contributed by atoms with E-state index in [2.05, 4.69) is 138 Å². The Bertz CT molecular complexity index is 2480. The standard InChI is InChI=1S/C42H27N3O/c1-3-11-28(12-4-1)29-19-21-30(22-20-29)36-27-37(41-26-31-13-7-10-18-40(31)46-41)44-42(43-36)32-23-24-39-35(25-32)34-16-8-9-17-38(34)45(39)33-14-5-2-6-15-33/h1-27H. The van der Waals surface area contributed by atoms with Crippen LogP contribution < -0.4 is 0 Å². The summed E-state index contributed by atoms with van der Waals surface area (Å²) in [5.74, 6) is 1.37. The van der Waals surface area contributed by atoms with Crippen LogP contribution in [-0.2, 0) is 0 Å². The van der Waals surface area contributed by atoms with Crippen molar-refractivity contribution in [2.75, 3.05) is 0 Å². The second kappa shape index (κ2) is 10.7. The van der Waals surface area contributed by atoms with Gasteiger partial charge in [0.2, 0.25) is 0 Å². The molecule has 0 N–H and O–H groups in total. The minimum Gasteiger partial charge on any atom is -0.454 e. The molecule has 3 aromatic heterocycles. The van der Waals surface area contributed by atoms with Gasteiger partial charge in [0.25, 0.3) is 0 Å². The van der Waals surface area contributed by atoms with Gasteiger partial charge in [0.15, 0.2) is 11.6 Å². The van der Waals surface area contributed by atoms with Crippen molar-refractivity contribution in [3.63, 3.8) is 0 Å². The third-order valence-electron chi connectivity index (χ3n) is 8.64. The molecule has 0 radical (unpaired) electrons. The molecule has 0 aliphatic heterocycles. The molecule has 216 valence electrons. The molecule has 4 nitrogen and oxygen atoms in total. The molecular weight excluding hydrogens is 562 g/mol. The fourth-order valence-electron chi connectivity index (χ4n) is 6.39. The van der Waals surface area contributed by atoms with E-state index in [0.29, 0.717) is 11.6 Å². The topological polar surface area (TPSA) is 43.9 Å². The van der Waals surface area contributed by atoms with E-state index in [4.69, 9.17) is 14.4 Å². The zero-order valence-electron chi connectivity index (χ0n) is 24.8. The van der Waals surface area contributed by atoms with Gasteiger partial charge in [0.05, 0.1) is 16.7 Å². The highest BCUT2D eigenvalue weighted by molar-refractivity contribution is 6.10. The summed E-state index contributed by atoms with van der Waals surface area (Å²) >= 11 is 0. The van der Waals surface area contributed by atoms with Gasteiger partial charge in [-0.15, -0.1) is 0 Å². The molecule has 0 spiro atoms. The summed E-state index contributed by atoms with van der Waals surface area (Å²) in [6, 6.07) is 56.7. The smallest absolute Gasteiger partial charge is 0.160 e. The van der Waals surface area contributed by atoms with E-state index in [1.165, 1.54) is 10.9 Å². The van der Waals surface area contributed by atoms with Crippen molar-refractivity contribution in [3.8, 4) is 50.9 Å². The van der Waals surface area contributed by atoms with Gasteiger partial charge in [-0.25, -0.2) is 9.97 Å². The third-order valence-corrected chi connectivity index (χ3v) is 8.64. The molecule has 9 aromatic rings. The van der Waals surface area contributed by atoms with Crippen LogP contribution in [0.2, 0.25) is 0 Å². The van der Waals surface area contributed by atoms with Crippen molar-refractivity contribution in [3.05, 3.63) is 164 Å². The summed E-state index contributed by atoms with van der Waals surface area (Å²) in [6.07, 6.45) is 0. The van der Waals surface area contributed by atoms with Crippen LogP contribution in [-0.4, -0.2) is 14.5 Å². The highest BCUT2D eigenvalue weighted by Crippen LogP contribution is 2.36. The zero-order valence-corrected chi connectivity index (χ0v) is 24.8. The molecule has 9 rings (SSSR count). The van der Waals surface area contributed by atoms with Gasteiger partial charge in [0.1, 0.15) is 11.3 Å². The summed E-state index contributed by atoms with van der Waals surface area (Å²) in [5.41, 5.74) is 10.2. The molecule has 0 aliphatic carbocycles. The van der Waals surface area contributed by atoms with Gasteiger partial charge in [-0.2, -0.15) is 0 Å². The van der Waals surface area contributed by atoms with E-state index in [9.17, 15) is 0 Å². The summed E-state index contributed by atoms with van der Waals surface area (Å²) in [4.78, 5) is 10.2. The Morgan fingerprint density at radius 2 is 1.07 bits per heavy atom. The maximum absolute atomic E-state index is 6.30. The van der Waals surface area contributed by atoms with Gasteiger partial charge in [-0.3, -0.25) is 0 Å². The molecule has 0 bridgehead atoms. The number of hydrogen-bond acceptors (Lipinski definition) is 3. The number of fused-ring (bicyclic) bond motifs is 4. The number of hydrogen-bond donors (Lipinski definition) is 0. The van der Waals surface area contributed by atoms with Crippen molar-refractivity contribution in [1.82, 2.24) is 14.5 Å². The summed E-state index contributed by atoms with van der Waals surface area (Å²) in [7, 11) is 0. The molecule has 46 heavy (non-hydrogen) atoms. The van der Waals surface area contributed by atoms with Crippen LogP contribution in [0.1, 0.15) is 0 Å². The van der Waals surface area contributed by atoms with Crippen LogP contribution >= 0.6 is 0 Å². The average Bonchev–Trinajstić information content (AvgIpc) is 3.72. The van der Waals surface area contributed by atoms with E-state index in [0.717, 1.165) is 61.2 Å². The lowest BCUT2D eigenvalue weighted by Gasteiger charge is -2.10. The van der Waals surface area contributed by atoms with Gasteiger partial charge in [-0.05, 0) is 65.7 Å². The van der Waals surface area contributed by atoms with Crippen molar-refractivity contribution in [2.24, 2.45) is 0 Å². The predicted octanol–water partition coefficient (Wildman–Crippen LogP) is 11.0. The molecule has 0 amide bonds. The van der Waals surface area contributed by atoms with Crippen LogP contribution in [0.3, 0.4) is 0 Å². The SMILES string of the molecule is c1ccc(-c2ccc(-c3cc(-c4cc5ccccc5o4)nc(-c4ccc5c(c4)c4ccccc4n5-c4ccccc4)n3)cc2)cc1. The number of aromatic nitrogens is 3. The number of para-hydroxylation sites is 3. The van der Waals surface area contributed by atoms with Crippen molar-refractivity contribution < 1.29 is 4.42 Å². The van der Waals surface area contributed by atoms with E-state index in [1.807, 2.05) is 30.3 Å². The highest BCUT2D eigenvalue weighted by atomic mass is 16.3. The molecule has 3 heterocycles. The first kappa shape index (κ1) is 26.2. The second-order valence-corrected chi connectivity index (χ2v) is 11.5. The fourth-order valence-corrected chi connectivity index (χ4v) is 6.39. The molecule has 4 heteroatoms. The minimum absolute atomic E-state index is 0.651. The maximum atomic E-state index is 6.30. The largest absolute Gasteiger partial charge is 0.454 e. The van der Waals surface area contributed by atoms with Crippen LogP contribution in [0.15, 0.2) is 168 Å². The average molecular weight is 590 g/mol. The molecule has 0 unspecified atom stereocenters. The highest BCUT2D eigenvalue weighted by Gasteiger charge is 2.17. The monoisotopic (exact) mass is 589 g/mol. The molecular formula is C42H27N3O. The van der Waals surface area contributed by atoms with Crippen LogP contribution in [0, 0.1) is 0 Å². The third kappa shape index (κ3) is 4.47. The van der Waals surface area contributed by atoms with Crippen molar-refractivity contribution in [1.29, 1.82) is 0 Å². The van der Waals surface area contributed by atoms with Gasteiger partial charge >= 0.3 is 0 Å². The first-order chi connectivity index (χ1) is 22.8. The fraction of sp³-hybridized carbons (Fsp3) is 0. The summed E-state index contributed by atoms with van der Waals surface area (Å²) in [5, 5.41) is 3.39. The Hall–Kier alpha value is -6.26. The quantitative estimate of drug-likeness (QED) is 0.201. The van der Waals surface area contributed by atoms with Gasteiger partial charge < -0.3 is 8.98 Å². The Morgan fingerprint density at radius 1 is 0.435 bits per heavy atom. The lowest BCUT2D eigenvalue weighted by molar-refractivity contribution is 0.628. The molecule has 6 aromatic carbocycles. The van der Waals surface area contributed by atoms with Crippen LogP contribution in [0.5, 0.6) is 0 Å². The Kier molecular flexibility index (Phi) is 6.10. The van der Waals surface area contributed by atoms with Crippen molar-refractivity contribution in [2.45, 2.75) is 0 Å². The lowest BCUT2D eigenvalue weighted by Crippen LogP contribution is -1.96. The van der Waals surface area contributed by atoms with Crippen molar-refractivity contribution >= 4 is 32.8 Å². The normalized spacial score (nSPS) is 11.5. The van der Waals surface area contributed by atoms with Crippen LogP contribution in [0.4, 0.5) is 0 Å². The Morgan fingerprint density at radius 3 is 1.89 bits per heavy atom. The Labute approximate surface area is 265 Å². The van der Waals surface area contributed by atoms with E-state index in [-0.39, 0.29) is 0 Å². The summed E-state index contributed by atoms with van der Waals surface area (Å²) in [6.45, 7) is 0. The first-order valence-corrected chi connectivity index (χ1v) is 15.4.